The van der Waals surface area contributed by atoms with Gasteiger partial charge >= 0.3 is 0 Å². The van der Waals surface area contributed by atoms with E-state index < -0.39 is 10.0 Å². The number of nitrogens with zero attached hydrogens (tertiary/aromatic N) is 1. The van der Waals surface area contributed by atoms with Gasteiger partial charge in [-0.2, -0.15) is 4.31 Å². The molecule has 1 heterocycles. The van der Waals surface area contributed by atoms with Crippen molar-refractivity contribution >= 4 is 28.3 Å². The van der Waals surface area contributed by atoms with Crippen LogP contribution >= 0.6 is 12.4 Å². The first-order chi connectivity index (χ1) is 12.4. The van der Waals surface area contributed by atoms with Crippen molar-refractivity contribution in [2.45, 2.75) is 44.9 Å². The van der Waals surface area contributed by atoms with Crippen LogP contribution in [0, 0.1) is 19.8 Å². The first-order valence-electron chi connectivity index (χ1n) is 9.42. The Morgan fingerprint density at radius 3 is 2.37 bits per heavy atom. The molecule has 1 saturated heterocycles. The summed E-state index contributed by atoms with van der Waals surface area (Å²) in [5, 5.41) is 6.19. The van der Waals surface area contributed by atoms with E-state index in [1.54, 1.807) is 12.1 Å². The number of halogens is 1. The van der Waals surface area contributed by atoms with Crippen LogP contribution in [0.4, 0.5) is 0 Å². The molecule has 0 bridgehead atoms. The second kappa shape index (κ2) is 11.0. The lowest BCUT2D eigenvalue weighted by Crippen LogP contribution is -2.44. The van der Waals surface area contributed by atoms with E-state index in [-0.39, 0.29) is 24.2 Å². The molecule has 154 valence electrons. The quantitative estimate of drug-likeness (QED) is 0.636. The van der Waals surface area contributed by atoms with E-state index in [1.165, 1.54) is 4.31 Å². The van der Waals surface area contributed by atoms with Crippen LogP contribution in [0.25, 0.3) is 0 Å². The molecule has 1 aromatic rings. The zero-order valence-electron chi connectivity index (χ0n) is 16.5. The summed E-state index contributed by atoms with van der Waals surface area (Å²) in [6.07, 6.45) is 2.21. The molecule has 1 aliphatic heterocycles. The van der Waals surface area contributed by atoms with Crippen molar-refractivity contribution < 1.29 is 13.2 Å². The monoisotopic (exact) mass is 417 g/mol. The Morgan fingerprint density at radius 1 is 1.11 bits per heavy atom. The second-order valence-electron chi connectivity index (χ2n) is 6.97. The number of piperidine rings is 1. The number of rotatable bonds is 8. The summed E-state index contributed by atoms with van der Waals surface area (Å²) in [6.45, 7) is 9.09. The van der Waals surface area contributed by atoms with Crippen LogP contribution in [0.5, 0.6) is 0 Å². The summed E-state index contributed by atoms with van der Waals surface area (Å²) in [5.74, 6) is -0.0705. The highest BCUT2D eigenvalue weighted by atomic mass is 35.5. The zero-order chi connectivity index (χ0) is 19.2. The standard InChI is InChI=1S/C19H31N3O3S.ClH/c1-4-9-20-10-11-21-19(23)17-7-12-22(13-8-17)26(24,25)18-6-5-15(2)16(3)14-18;/h5-6,14,17,20H,4,7-13H2,1-3H3,(H,21,23);1H. The fourth-order valence-electron chi connectivity index (χ4n) is 3.10. The number of nitrogens with one attached hydrogen (secondary N) is 2. The maximum atomic E-state index is 12.8. The molecule has 6 nitrogen and oxygen atoms in total. The lowest BCUT2D eigenvalue weighted by atomic mass is 9.97. The topological polar surface area (TPSA) is 78.5 Å². The molecule has 0 spiro atoms. The number of amides is 1. The van der Waals surface area contributed by atoms with Crippen molar-refractivity contribution in [3.63, 3.8) is 0 Å². The second-order valence-corrected chi connectivity index (χ2v) is 8.90. The Hall–Kier alpha value is -1.15. The van der Waals surface area contributed by atoms with E-state index in [9.17, 15) is 13.2 Å². The third-order valence-electron chi connectivity index (χ3n) is 4.97. The minimum atomic E-state index is -3.49. The van der Waals surface area contributed by atoms with Crippen molar-refractivity contribution in [1.29, 1.82) is 0 Å². The van der Waals surface area contributed by atoms with Crippen molar-refractivity contribution in [3.05, 3.63) is 29.3 Å². The third kappa shape index (κ3) is 6.45. The minimum absolute atomic E-state index is 0. The average Bonchev–Trinajstić information content (AvgIpc) is 2.63. The Morgan fingerprint density at radius 2 is 1.78 bits per heavy atom. The number of carbonyl (C=O) groups excluding carboxylic acids is 1. The smallest absolute Gasteiger partial charge is 0.243 e. The average molecular weight is 418 g/mol. The minimum Gasteiger partial charge on any atom is -0.355 e. The van der Waals surface area contributed by atoms with Crippen LogP contribution in [0.1, 0.15) is 37.3 Å². The number of aryl methyl sites for hydroxylation is 2. The van der Waals surface area contributed by atoms with Gasteiger partial charge in [0, 0.05) is 32.1 Å². The van der Waals surface area contributed by atoms with Gasteiger partial charge < -0.3 is 10.6 Å². The van der Waals surface area contributed by atoms with Gasteiger partial charge in [-0.25, -0.2) is 8.42 Å². The van der Waals surface area contributed by atoms with Gasteiger partial charge in [-0.3, -0.25) is 4.79 Å². The fraction of sp³-hybridized carbons (Fsp3) is 0.632. The molecule has 1 fully saturated rings. The highest BCUT2D eigenvalue weighted by Crippen LogP contribution is 2.25. The first-order valence-corrected chi connectivity index (χ1v) is 10.9. The molecule has 0 aliphatic carbocycles. The molecular weight excluding hydrogens is 386 g/mol. The molecule has 27 heavy (non-hydrogen) atoms. The lowest BCUT2D eigenvalue weighted by Gasteiger charge is -2.30. The predicted octanol–water partition coefficient (Wildman–Crippen LogP) is 2.24. The first kappa shape index (κ1) is 23.9. The molecule has 0 unspecified atom stereocenters. The van der Waals surface area contributed by atoms with Gasteiger partial charge in [-0.1, -0.05) is 13.0 Å². The molecule has 0 saturated carbocycles. The Labute approximate surface area is 169 Å². The Bertz CT molecular complexity index is 717. The third-order valence-corrected chi connectivity index (χ3v) is 6.86. The zero-order valence-corrected chi connectivity index (χ0v) is 18.1. The number of benzene rings is 1. The molecule has 0 radical (unpaired) electrons. The fourth-order valence-corrected chi connectivity index (χ4v) is 4.66. The molecule has 2 N–H and O–H groups in total. The van der Waals surface area contributed by atoms with Gasteiger partial charge in [-0.05, 0) is 62.9 Å². The number of hydrogen-bond acceptors (Lipinski definition) is 4. The van der Waals surface area contributed by atoms with Gasteiger partial charge in [0.1, 0.15) is 0 Å². The van der Waals surface area contributed by atoms with Crippen molar-refractivity contribution in [1.82, 2.24) is 14.9 Å². The van der Waals surface area contributed by atoms with E-state index in [1.807, 2.05) is 19.9 Å². The van der Waals surface area contributed by atoms with Crippen LogP contribution in [-0.4, -0.2) is 51.4 Å². The summed E-state index contributed by atoms with van der Waals surface area (Å²) >= 11 is 0. The Kier molecular flexibility index (Phi) is 9.73. The molecule has 0 aromatic heterocycles. The van der Waals surface area contributed by atoms with Crippen molar-refractivity contribution in [3.8, 4) is 0 Å². The highest BCUT2D eigenvalue weighted by Gasteiger charge is 2.32. The van der Waals surface area contributed by atoms with Gasteiger partial charge in [-0.15, -0.1) is 12.4 Å². The highest BCUT2D eigenvalue weighted by molar-refractivity contribution is 7.89. The predicted molar refractivity (Wildman–Crippen MR) is 111 cm³/mol. The van der Waals surface area contributed by atoms with Crippen LogP contribution < -0.4 is 10.6 Å². The molecule has 1 aliphatic rings. The SMILES string of the molecule is CCCNCCNC(=O)C1CCN(S(=O)(=O)c2ccc(C)c(C)c2)CC1.Cl. The van der Waals surface area contributed by atoms with Gasteiger partial charge in [0.25, 0.3) is 0 Å². The van der Waals surface area contributed by atoms with Gasteiger partial charge in [0.05, 0.1) is 4.90 Å². The van der Waals surface area contributed by atoms with Crippen LogP contribution in [-0.2, 0) is 14.8 Å². The van der Waals surface area contributed by atoms with Crippen molar-refractivity contribution in [2.75, 3.05) is 32.7 Å². The summed E-state index contributed by atoms with van der Waals surface area (Å²) in [5.41, 5.74) is 2.05. The molecular formula is C19H32ClN3O3S. The number of hydrogen-bond donors (Lipinski definition) is 2. The largest absolute Gasteiger partial charge is 0.355 e. The summed E-state index contributed by atoms with van der Waals surface area (Å²) < 4.78 is 27.1. The van der Waals surface area contributed by atoms with Gasteiger partial charge in [0.15, 0.2) is 0 Å². The maximum absolute atomic E-state index is 12.8. The van der Waals surface area contributed by atoms with E-state index in [2.05, 4.69) is 17.6 Å². The Balaban J connectivity index is 0.00000364. The molecule has 2 rings (SSSR count). The maximum Gasteiger partial charge on any atom is 0.243 e. The van der Waals surface area contributed by atoms with Crippen molar-refractivity contribution in [2.24, 2.45) is 5.92 Å². The van der Waals surface area contributed by atoms with E-state index in [0.29, 0.717) is 37.4 Å². The van der Waals surface area contributed by atoms with Gasteiger partial charge in [0.2, 0.25) is 15.9 Å². The van der Waals surface area contributed by atoms with E-state index >= 15 is 0 Å². The normalized spacial score (nSPS) is 16.0. The molecule has 0 atom stereocenters. The summed E-state index contributed by atoms with van der Waals surface area (Å²) in [4.78, 5) is 12.6. The number of carbonyl (C=O) groups is 1. The summed E-state index contributed by atoms with van der Waals surface area (Å²) in [7, 11) is -3.49. The number of sulfonamides is 1. The van der Waals surface area contributed by atoms with Crippen LogP contribution in [0.15, 0.2) is 23.1 Å². The van der Waals surface area contributed by atoms with Crippen LogP contribution in [0.2, 0.25) is 0 Å². The lowest BCUT2D eigenvalue weighted by molar-refractivity contribution is -0.126. The van der Waals surface area contributed by atoms with Crippen LogP contribution in [0.3, 0.4) is 0 Å². The molecule has 8 heteroatoms. The summed E-state index contributed by atoms with van der Waals surface area (Å²) in [6, 6.07) is 5.24. The molecule has 1 aromatic carbocycles. The van der Waals surface area contributed by atoms with E-state index in [4.69, 9.17) is 0 Å². The van der Waals surface area contributed by atoms with E-state index in [0.717, 1.165) is 30.6 Å². The molecule has 1 amide bonds.